The third-order valence-corrected chi connectivity index (χ3v) is 2.44. The van der Waals surface area contributed by atoms with Gasteiger partial charge in [0.05, 0.1) is 12.6 Å². The maximum atomic E-state index is 11.4. The van der Waals surface area contributed by atoms with E-state index in [9.17, 15) is 4.79 Å². The monoisotopic (exact) mass is 207 g/mol. The fourth-order valence-corrected chi connectivity index (χ4v) is 1.67. The molecule has 0 spiro atoms. The first-order valence-electron chi connectivity index (χ1n) is 4.87. The summed E-state index contributed by atoms with van der Waals surface area (Å²) in [6, 6.07) is 3.63. The number of amides is 2. The van der Waals surface area contributed by atoms with Gasteiger partial charge in [-0.3, -0.25) is 4.98 Å². The van der Waals surface area contributed by atoms with Crippen LogP contribution in [0.2, 0.25) is 0 Å². The van der Waals surface area contributed by atoms with Crippen LogP contribution in [-0.4, -0.2) is 40.7 Å². The van der Waals surface area contributed by atoms with E-state index in [-0.39, 0.29) is 18.7 Å². The third kappa shape index (κ3) is 2.07. The molecule has 1 aliphatic heterocycles. The molecule has 1 atom stereocenters. The lowest BCUT2D eigenvalue weighted by Crippen LogP contribution is -2.30. The Hall–Kier alpha value is -1.62. The van der Waals surface area contributed by atoms with Crippen LogP contribution >= 0.6 is 0 Å². The van der Waals surface area contributed by atoms with E-state index in [0.717, 1.165) is 5.56 Å². The van der Waals surface area contributed by atoms with E-state index < -0.39 is 0 Å². The van der Waals surface area contributed by atoms with Crippen molar-refractivity contribution in [2.45, 2.75) is 6.04 Å². The number of pyridine rings is 1. The number of aliphatic hydroxyl groups excluding tert-OH is 1. The maximum Gasteiger partial charge on any atom is 0.318 e. The quantitative estimate of drug-likeness (QED) is 0.741. The third-order valence-electron chi connectivity index (χ3n) is 2.44. The van der Waals surface area contributed by atoms with Crippen molar-refractivity contribution in [2.75, 3.05) is 19.7 Å². The Morgan fingerprint density at radius 1 is 1.67 bits per heavy atom. The molecule has 80 valence electrons. The number of hydrogen-bond donors (Lipinski definition) is 2. The van der Waals surface area contributed by atoms with Crippen LogP contribution < -0.4 is 5.32 Å². The summed E-state index contributed by atoms with van der Waals surface area (Å²) >= 11 is 0. The van der Waals surface area contributed by atoms with E-state index in [1.165, 1.54) is 0 Å². The van der Waals surface area contributed by atoms with E-state index in [1.807, 2.05) is 12.1 Å². The zero-order chi connectivity index (χ0) is 10.7. The highest BCUT2D eigenvalue weighted by molar-refractivity contribution is 5.77. The summed E-state index contributed by atoms with van der Waals surface area (Å²) in [4.78, 5) is 17.0. The number of rotatable bonds is 3. The van der Waals surface area contributed by atoms with Gasteiger partial charge in [0.1, 0.15) is 0 Å². The molecule has 5 nitrogen and oxygen atoms in total. The molecule has 0 radical (unpaired) electrons. The largest absolute Gasteiger partial charge is 0.395 e. The van der Waals surface area contributed by atoms with Crippen molar-refractivity contribution in [2.24, 2.45) is 0 Å². The van der Waals surface area contributed by atoms with Crippen molar-refractivity contribution in [1.29, 1.82) is 0 Å². The van der Waals surface area contributed by atoms with Crippen LogP contribution in [0.3, 0.4) is 0 Å². The number of aliphatic hydroxyl groups is 1. The van der Waals surface area contributed by atoms with Gasteiger partial charge in [-0.1, -0.05) is 6.07 Å². The minimum atomic E-state index is -0.127. The number of aromatic nitrogens is 1. The van der Waals surface area contributed by atoms with Gasteiger partial charge < -0.3 is 15.3 Å². The molecule has 5 heteroatoms. The lowest BCUT2D eigenvalue weighted by molar-refractivity contribution is 0.196. The van der Waals surface area contributed by atoms with Crippen molar-refractivity contribution in [1.82, 2.24) is 15.2 Å². The second-order valence-electron chi connectivity index (χ2n) is 3.46. The number of hydrogen-bond acceptors (Lipinski definition) is 3. The molecular formula is C10H13N3O2. The highest BCUT2D eigenvalue weighted by Gasteiger charge is 2.28. The van der Waals surface area contributed by atoms with Crippen molar-refractivity contribution in [3.8, 4) is 0 Å². The normalized spacial score (nSPS) is 20.5. The fourth-order valence-electron chi connectivity index (χ4n) is 1.67. The number of carbonyl (C=O) groups excluding carboxylic acids is 1. The van der Waals surface area contributed by atoms with E-state index >= 15 is 0 Å². The van der Waals surface area contributed by atoms with Crippen LogP contribution in [0.4, 0.5) is 4.79 Å². The Bertz CT molecular complexity index is 342. The Morgan fingerprint density at radius 2 is 2.53 bits per heavy atom. The molecule has 2 heterocycles. The predicted molar refractivity (Wildman–Crippen MR) is 54.2 cm³/mol. The molecule has 1 aromatic rings. The smallest absolute Gasteiger partial charge is 0.318 e. The zero-order valence-corrected chi connectivity index (χ0v) is 8.26. The Labute approximate surface area is 87.7 Å². The molecule has 2 amide bonds. The molecule has 1 fully saturated rings. The van der Waals surface area contributed by atoms with Gasteiger partial charge in [0.25, 0.3) is 0 Å². The van der Waals surface area contributed by atoms with Crippen LogP contribution in [0.25, 0.3) is 0 Å². The van der Waals surface area contributed by atoms with Crippen molar-refractivity contribution >= 4 is 6.03 Å². The van der Waals surface area contributed by atoms with Gasteiger partial charge in [0.15, 0.2) is 0 Å². The average Bonchev–Trinajstić information content (AvgIpc) is 2.63. The lowest BCUT2D eigenvalue weighted by Gasteiger charge is -2.12. The minimum Gasteiger partial charge on any atom is -0.395 e. The summed E-state index contributed by atoms with van der Waals surface area (Å²) in [5, 5.41) is 11.6. The second kappa shape index (κ2) is 4.27. The van der Waals surface area contributed by atoms with Gasteiger partial charge in [0.2, 0.25) is 0 Å². The standard InChI is InChI=1S/C10H13N3O2/c14-5-4-13-7-9(12-10(13)15)8-2-1-3-11-6-8/h1-3,6,9,14H,4-5,7H2,(H,12,15). The summed E-state index contributed by atoms with van der Waals surface area (Å²) in [5.41, 5.74) is 0.992. The minimum absolute atomic E-state index is 0.00677. The summed E-state index contributed by atoms with van der Waals surface area (Å²) < 4.78 is 0. The highest BCUT2D eigenvalue weighted by Crippen LogP contribution is 2.18. The van der Waals surface area contributed by atoms with Crippen LogP contribution in [0.5, 0.6) is 0 Å². The SMILES string of the molecule is O=C1NC(c2cccnc2)CN1CCO. The second-order valence-corrected chi connectivity index (χ2v) is 3.46. The van der Waals surface area contributed by atoms with Gasteiger partial charge in [-0.25, -0.2) is 4.79 Å². The van der Waals surface area contributed by atoms with Crippen molar-refractivity contribution in [3.05, 3.63) is 30.1 Å². The van der Waals surface area contributed by atoms with Gasteiger partial charge in [-0.15, -0.1) is 0 Å². The lowest BCUT2D eigenvalue weighted by atomic mass is 10.1. The first kappa shape index (κ1) is 9.92. The van der Waals surface area contributed by atoms with Gasteiger partial charge in [-0.2, -0.15) is 0 Å². The molecule has 2 rings (SSSR count). The first-order chi connectivity index (χ1) is 7.31. The summed E-state index contributed by atoms with van der Waals surface area (Å²) in [6.07, 6.45) is 3.44. The molecule has 1 aliphatic rings. The van der Waals surface area contributed by atoms with E-state index in [2.05, 4.69) is 10.3 Å². The molecule has 0 bridgehead atoms. The Kier molecular flexibility index (Phi) is 2.82. The van der Waals surface area contributed by atoms with E-state index in [4.69, 9.17) is 5.11 Å². The van der Waals surface area contributed by atoms with E-state index in [1.54, 1.807) is 17.3 Å². The molecule has 2 N–H and O–H groups in total. The van der Waals surface area contributed by atoms with E-state index in [0.29, 0.717) is 13.1 Å². The van der Waals surface area contributed by atoms with Crippen LogP contribution in [-0.2, 0) is 0 Å². The molecule has 1 saturated heterocycles. The van der Waals surface area contributed by atoms with Crippen LogP contribution in [0, 0.1) is 0 Å². The average molecular weight is 207 g/mol. The predicted octanol–water partition coefficient (Wildman–Crippen LogP) is 0.140. The number of nitrogens with zero attached hydrogens (tertiary/aromatic N) is 2. The zero-order valence-electron chi connectivity index (χ0n) is 8.26. The molecular weight excluding hydrogens is 194 g/mol. The number of carbonyl (C=O) groups is 1. The molecule has 0 saturated carbocycles. The Balaban J connectivity index is 2.06. The first-order valence-corrected chi connectivity index (χ1v) is 4.87. The summed E-state index contributed by atoms with van der Waals surface area (Å²) in [5.74, 6) is 0. The number of urea groups is 1. The summed E-state index contributed by atoms with van der Waals surface area (Å²) in [6.45, 7) is 0.959. The van der Waals surface area contributed by atoms with Crippen molar-refractivity contribution in [3.63, 3.8) is 0 Å². The molecule has 0 aromatic carbocycles. The highest BCUT2D eigenvalue weighted by atomic mass is 16.3. The molecule has 0 aliphatic carbocycles. The van der Waals surface area contributed by atoms with Crippen molar-refractivity contribution < 1.29 is 9.90 Å². The molecule has 1 aromatic heterocycles. The van der Waals surface area contributed by atoms with Crippen LogP contribution in [0.1, 0.15) is 11.6 Å². The fraction of sp³-hybridized carbons (Fsp3) is 0.400. The number of β-amino-alcohol motifs (C(OH)–C–C–N with tert-alkyl or cyclic N) is 1. The van der Waals surface area contributed by atoms with Gasteiger partial charge in [0, 0.05) is 25.5 Å². The molecule has 15 heavy (non-hydrogen) atoms. The van der Waals surface area contributed by atoms with Crippen LogP contribution in [0.15, 0.2) is 24.5 Å². The van der Waals surface area contributed by atoms with Gasteiger partial charge >= 0.3 is 6.03 Å². The van der Waals surface area contributed by atoms with Gasteiger partial charge in [-0.05, 0) is 11.6 Å². The number of nitrogens with one attached hydrogen (secondary N) is 1. The molecule has 1 unspecified atom stereocenters. The summed E-state index contributed by atoms with van der Waals surface area (Å²) in [7, 11) is 0. The Morgan fingerprint density at radius 3 is 3.20 bits per heavy atom. The maximum absolute atomic E-state index is 11.4. The topological polar surface area (TPSA) is 65.5 Å².